The third kappa shape index (κ3) is 3.55. The van der Waals surface area contributed by atoms with Crippen molar-refractivity contribution < 1.29 is 5.11 Å². The van der Waals surface area contributed by atoms with E-state index in [1.165, 1.54) is 11.1 Å². The number of aromatic hydroxyl groups is 1. The number of aromatic nitrogens is 1. The minimum absolute atomic E-state index is 0.0726. The summed E-state index contributed by atoms with van der Waals surface area (Å²) in [4.78, 5) is 0. The van der Waals surface area contributed by atoms with Crippen molar-refractivity contribution in [3.63, 3.8) is 0 Å². The first kappa shape index (κ1) is 16.7. The maximum absolute atomic E-state index is 10.8. The van der Waals surface area contributed by atoms with E-state index in [1.807, 2.05) is 7.05 Å². The molecule has 1 aromatic carbocycles. The largest absolute Gasteiger partial charge is 0.507 e. The molecule has 0 amide bonds. The molecule has 0 unspecified atom stereocenters. The lowest BCUT2D eigenvalue weighted by molar-refractivity contribution is 0.423. The van der Waals surface area contributed by atoms with Crippen LogP contribution in [-0.4, -0.2) is 9.67 Å². The van der Waals surface area contributed by atoms with Crippen molar-refractivity contribution in [2.45, 2.75) is 58.8 Å². The van der Waals surface area contributed by atoms with Crippen LogP contribution in [-0.2, 0) is 24.3 Å². The first-order valence-corrected chi connectivity index (χ1v) is 7.96. The van der Waals surface area contributed by atoms with Gasteiger partial charge in [0.2, 0.25) is 0 Å². The lowest BCUT2D eigenvalue weighted by atomic mass is 9.78. The molecule has 1 aromatic heterocycles. The summed E-state index contributed by atoms with van der Waals surface area (Å²) in [5, 5.41) is 10.8. The summed E-state index contributed by atoms with van der Waals surface area (Å²) in [6.45, 7) is 12.9. The molecule has 0 radical (unpaired) electrons. The number of hydrogen-bond acceptors (Lipinski definition) is 1. The van der Waals surface area contributed by atoms with Crippen LogP contribution in [0.25, 0.3) is 0 Å². The van der Waals surface area contributed by atoms with Gasteiger partial charge in [-0.05, 0) is 45.6 Å². The monoisotopic (exact) mass is 299 g/mol. The number of phenolic OH excluding ortho intramolecular Hbond substituents is 1. The second kappa shape index (κ2) is 5.49. The van der Waals surface area contributed by atoms with Gasteiger partial charge in [0.15, 0.2) is 0 Å². The highest BCUT2D eigenvalue weighted by molar-refractivity contribution is 5.50. The predicted octanol–water partition coefficient (Wildman–Crippen LogP) is 4.92. The Morgan fingerprint density at radius 2 is 1.41 bits per heavy atom. The van der Waals surface area contributed by atoms with Crippen molar-refractivity contribution in [3.8, 4) is 5.75 Å². The zero-order chi connectivity index (χ0) is 16.7. The number of aryl methyl sites for hydroxylation is 1. The SMILES string of the molecule is Cn1ccc(Cc2cc(C(C)(C)C)c(O)c(C(C)(C)C)c2)c1. The van der Waals surface area contributed by atoms with Crippen molar-refractivity contribution in [1.29, 1.82) is 0 Å². The Kier molecular flexibility index (Phi) is 4.16. The summed E-state index contributed by atoms with van der Waals surface area (Å²) in [5.41, 5.74) is 4.48. The Hall–Kier alpha value is -1.70. The highest BCUT2D eigenvalue weighted by atomic mass is 16.3. The summed E-state index contributed by atoms with van der Waals surface area (Å²) in [6, 6.07) is 6.48. The van der Waals surface area contributed by atoms with Gasteiger partial charge in [-0.25, -0.2) is 0 Å². The van der Waals surface area contributed by atoms with Crippen LogP contribution in [0.2, 0.25) is 0 Å². The summed E-state index contributed by atoms with van der Waals surface area (Å²) in [6.07, 6.45) is 5.12. The Bertz CT molecular complexity index is 631. The quantitative estimate of drug-likeness (QED) is 0.837. The van der Waals surface area contributed by atoms with Crippen LogP contribution in [0, 0.1) is 0 Å². The van der Waals surface area contributed by atoms with Crippen LogP contribution in [0.3, 0.4) is 0 Å². The smallest absolute Gasteiger partial charge is 0.123 e. The lowest BCUT2D eigenvalue weighted by Gasteiger charge is -2.28. The van der Waals surface area contributed by atoms with E-state index >= 15 is 0 Å². The van der Waals surface area contributed by atoms with Crippen molar-refractivity contribution in [2.24, 2.45) is 7.05 Å². The zero-order valence-corrected chi connectivity index (χ0v) is 15.0. The number of rotatable bonds is 2. The molecule has 2 rings (SSSR count). The molecule has 0 saturated carbocycles. The molecule has 0 spiro atoms. The molecule has 2 heteroatoms. The van der Waals surface area contributed by atoms with Gasteiger partial charge in [-0.3, -0.25) is 0 Å². The van der Waals surface area contributed by atoms with E-state index in [1.54, 1.807) is 0 Å². The standard InChI is InChI=1S/C20H29NO/c1-19(2,3)16-11-15(10-14-8-9-21(7)13-14)12-17(18(16)22)20(4,5)6/h8-9,11-13,22H,10H2,1-7H3. The molecule has 0 aliphatic heterocycles. The van der Waals surface area contributed by atoms with Crippen molar-refractivity contribution in [3.05, 3.63) is 52.8 Å². The summed E-state index contributed by atoms with van der Waals surface area (Å²) >= 11 is 0. The second-order valence-electron chi connectivity index (χ2n) is 8.40. The molecule has 0 bridgehead atoms. The van der Waals surface area contributed by atoms with Gasteiger partial charge in [-0.1, -0.05) is 53.7 Å². The number of hydrogen-bond donors (Lipinski definition) is 1. The average Bonchev–Trinajstić information content (AvgIpc) is 2.74. The number of nitrogens with zero attached hydrogens (tertiary/aromatic N) is 1. The minimum atomic E-state index is -0.0726. The fraction of sp³-hybridized carbons (Fsp3) is 0.500. The van der Waals surface area contributed by atoms with E-state index < -0.39 is 0 Å². The van der Waals surface area contributed by atoms with E-state index in [4.69, 9.17) is 0 Å². The molecule has 22 heavy (non-hydrogen) atoms. The Labute approximate surface area is 134 Å². The summed E-state index contributed by atoms with van der Waals surface area (Å²) < 4.78 is 2.07. The van der Waals surface area contributed by atoms with E-state index in [0.717, 1.165) is 17.5 Å². The highest BCUT2D eigenvalue weighted by Gasteiger charge is 2.26. The van der Waals surface area contributed by atoms with Gasteiger partial charge < -0.3 is 9.67 Å². The van der Waals surface area contributed by atoms with Gasteiger partial charge in [0.05, 0.1) is 0 Å². The van der Waals surface area contributed by atoms with E-state index in [2.05, 4.69) is 76.7 Å². The van der Waals surface area contributed by atoms with E-state index in [0.29, 0.717) is 5.75 Å². The van der Waals surface area contributed by atoms with Crippen LogP contribution in [0.1, 0.15) is 63.8 Å². The Morgan fingerprint density at radius 3 is 1.77 bits per heavy atom. The van der Waals surface area contributed by atoms with Crippen molar-refractivity contribution in [1.82, 2.24) is 4.57 Å². The molecule has 2 nitrogen and oxygen atoms in total. The van der Waals surface area contributed by atoms with E-state index in [-0.39, 0.29) is 10.8 Å². The lowest BCUT2D eigenvalue weighted by Crippen LogP contribution is -2.18. The van der Waals surface area contributed by atoms with Gasteiger partial charge in [0, 0.05) is 19.4 Å². The van der Waals surface area contributed by atoms with Crippen LogP contribution >= 0.6 is 0 Å². The highest BCUT2D eigenvalue weighted by Crippen LogP contribution is 2.40. The Balaban J connectivity index is 2.55. The molecule has 0 fully saturated rings. The van der Waals surface area contributed by atoms with Gasteiger partial charge in [-0.15, -0.1) is 0 Å². The molecule has 0 aliphatic carbocycles. The summed E-state index contributed by atoms with van der Waals surface area (Å²) in [5.74, 6) is 0.455. The molecule has 2 aromatic rings. The fourth-order valence-corrected chi connectivity index (χ4v) is 2.84. The molecule has 1 N–H and O–H groups in total. The second-order valence-corrected chi connectivity index (χ2v) is 8.40. The van der Waals surface area contributed by atoms with Crippen LogP contribution in [0.15, 0.2) is 30.6 Å². The predicted molar refractivity (Wildman–Crippen MR) is 93.7 cm³/mol. The first-order valence-electron chi connectivity index (χ1n) is 7.96. The van der Waals surface area contributed by atoms with Gasteiger partial charge in [-0.2, -0.15) is 0 Å². The van der Waals surface area contributed by atoms with Crippen LogP contribution < -0.4 is 0 Å². The van der Waals surface area contributed by atoms with Gasteiger partial charge >= 0.3 is 0 Å². The average molecular weight is 299 g/mol. The van der Waals surface area contributed by atoms with Gasteiger partial charge in [0.1, 0.15) is 5.75 Å². The maximum Gasteiger partial charge on any atom is 0.123 e. The fourth-order valence-electron chi connectivity index (χ4n) is 2.84. The number of benzene rings is 1. The molecule has 0 saturated heterocycles. The van der Waals surface area contributed by atoms with Crippen LogP contribution in [0.4, 0.5) is 0 Å². The topological polar surface area (TPSA) is 25.2 Å². The maximum atomic E-state index is 10.8. The van der Waals surface area contributed by atoms with E-state index in [9.17, 15) is 5.11 Å². The Morgan fingerprint density at radius 1 is 0.909 bits per heavy atom. The van der Waals surface area contributed by atoms with Crippen molar-refractivity contribution >= 4 is 0 Å². The molecule has 0 atom stereocenters. The van der Waals surface area contributed by atoms with Gasteiger partial charge in [0.25, 0.3) is 0 Å². The third-order valence-corrected chi connectivity index (χ3v) is 4.09. The molecule has 120 valence electrons. The van der Waals surface area contributed by atoms with Crippen LogP contribution in [0.5, 0.6) is 5.75 Å². The minimum Gasteiger partial charge on any atom is -0.507 e. The normalized spacial score (nSPS) is 12.7. The zero-order valence-electron chi connectivity index (χ0n) is 15.0. The molecular weight excluding hydrogens is 270 g/mol. The molecule has 0 aliphatic rings. The summed E-state index contributed by atoms with van der Waals surface area (Å²) in [7, 11) is 2.04. The molecule has 1 heterocycles. The van der Waals surface area contributed by atoms with Crippen molar-refractivity contribution in [2.75, 3.05) is 0 Å². The number of phenols is 1. The third-order valence-electron chi connectivity index (χ3n) is 4.09. The molecular formula is C20H29NO. The first-order chi connectivity index (χ1) is 9.98.